The van der Waals surface area contributed by atoms with Crippen molar-refractivity contribution < 1.29 is 0 Å². The molecule has 1 aliphatic rings. The van der Waals surface area contributed by atoms with Gasteiger partial charge in [-0.1, -0.05) is 12.2 Å². The highest BCUT2D eigenvalue weighted by Gasteiger charge is 2.19. The molecule has 2 heteroatoms. The number of hydrogen-bond acceptors (Lipinski definition) is 2. The maximum atomic E-state index is 3.90. The minimum absolute atomic E-state index is 0.992. The summed E-state index contributed by atoms with van der Waals surface area (Å²) >= 11 is 0. The Morgan fingerprint density at radius 3 is 2.77 bits per heavy atom. The zero-order valence-electron chi connectivity index (χ0n) is 8.97. The molecule has 0 saturated heterocycles. The highest BCUT2D eigenvalue weighted by Crippen LogP contribution is 2.27. The Balaban J connectivity index is 1.88. The molecule has 13 heavy (non-hydrogen) atoms. The van der Waals surface area contributed by atoms with E-state index < -0.39 is 0 Å². The Hall–Kier alpha value is -0.340. The van der Waals surface area contributed by atoms with Crippen LogP contribution in [-0.4, -0.2) is 38.1 Å². The van der Waals surface area contributed by atoms with Crippen LogP contribution in [0.15, 0.2) is 12.2 Å². The smallest absolute Gasteiger partial charge is 0.0184 e. The molecule has 0 bridgehead atoms. The van der Waals surface area contributed by atoms with Crippen LogP contribution in [0.5, 0.6) is 0 Å². The van der Waals surface area contributed by atoms with Gasteiger partial charge in [-0.2, -0.15) is 0 Å². The number of hydrogen-bond donors (Lipinski definition) is 1. The second-order valence-electron chi connectivity index (χ2n) is 4.34. The maximum absolute atomic E-state index is 3.90. The molecule has 0 spiro atoms. The van der Waals surface area contributed by atoms with Crippen molar-refractivity contribution >= 4 is 0 Å². The van der Waals surface area contributed by atoms with Crippen molar-refractivity contribution in [2.24, 2.45) is 5.92 Å². The predicted octanol–water partition coefficient (Wildman–Crippen LogP) is 1.49. The second kappa shape index (κ2) is 5.40. The molecule has 0 amide bonds. The molecule has 1 aliphatic carbocycles. The lowest BCUT2D eigenvalue weighted by Crippen LogP contribution is -2.31. The maximum Gasteiger partial charge on any atom is 0.0184 e. The number of nitrogens with zero attached hydrogens (tertiary/aromatic N) is 1. The van der Waals surface area contributed by atoms with Crippen molar-refractivity contribution in [3.8, 4) is 0 Å². The average Bonchev–Trinajstić information content (AvgIpc) is 2.80. The second-order valence-corrected chi connectivity index (χ2v) is 4.34. The summed E-state index contributed by atoms with van der Waals surface area (Å²) < 4.78 is 0. The van der Waals surface area contributed by atoms with Crippen LogP contribution < -0.4 is 5.32 Å². The molecular weight excluding hydrogens is 160 g/mol. The third-order valence-electron chi connectivity index (χ3n) is 2.34. The summed E-state index contributed by atoms with van der Waals surface area (Å²) in [6.07, 6.45) is 2.88. The molecule has 1 rings (SSSR count). The van der Waals surface area contributed by atoms with Gasteiger partial charge in [0.1, 0.15) is 0 Å². The quantitative estimate of drug-likeness (QED) is 0.474. The Bertz CT molecular complexity index is 161. The summed E-state index contributed by atoms with van der Waals surface area (Å²) in [5.41, 5.74) is 1.24. The van der Waals surface area contributed by atoms with Crippen molar-refractivity contribution in [2.45, 2.75) is 19.8 Å². The monoisotopic (exact) mass is 182 g/mol. The first-order chi connectivity index (χ1) is 6.18. The van der Waals surface area contributed by atoms with E-state index in [1.54, 1.807) is 0 Å². The van der Waals surface area contributed by atoms with E-state index >= 15 is 0 Å². The van der Waals surface area contributed by atoms with Gasteiger partial charge >= 0.3 is 0 Å². The van der Waals surface area contributed by atoms with Gasteiger partial charge < -0.3 is 10.2 Å². The first kappa shape index (κ1) is 10.7. The van der Waals surface area contributed by atoms with E-state index in [0.717, 1.165) is 25.6 Å². The first-order valence-corrected chi connectivity index (χ1v) is 5.22. The van der Waals surface area contributed by atoms with E-state index in [-0.39, 0.29) is 0 Å². The van der Waals surface area contributed by atoms with Crippen LogP contribution in [0.25, 0.3) is 0 Å². The Labute approximate surface area is 82.0 Å². The molecule has 0 aromatic rings. The zero-order valence-corrected chi connectivity index (χ0v) is 8.97. The molecule has 1 N–H and O–H groups in total. The van der Waals surface area contributed by atoms with Crippen molar-refractivity contribution in [3.63, 3.8) is 0 Å². The predicted molar refractivity (Wildman–Crippen MR) is 57.9 cm³/mol. The van der Waals surface area contributed by atoms with Crippen molar-refractivity contribution in [1.29, 1.82) is 0 Å². The minimum Gasteiger partial charge on any atom is -0.315 e. The van der Waals surface area contributed by atoms with E-state index in [0.29, 0.717) is 0 Å². The fourth-order valence-electron chi connectivity index (χ4n) is 1.44. The SMILES string of the molecule is C=C(C)CN(C)CCNCC1CC1. The highest BCUT2D eigenvalue weighted by molar-refractivity contribution is 4.91. The summed E-state index contributed by atoms with van der Waals surface area (Å²) in [5, 5.41) is 3.48. The van der Waals surface area contributed by atoms with E-state index in [2.05, 4.69) is 30.8 Å². The molecule has 76 valence electrons. The van der Waals surface area contributed by atoms with Gasteiger partial charge in [0.05, 0.1) is 0 Å². The van der Waals surface area contributed by atoms with Crippen LogP contribution in [0.1, 0.15) is 19.8 Å². The molecule has 1 saturated carbocycles. The molecule has 1 fully saturated rings. The van der Waals surface area contributed by atoms with Gasteiger partial charge in [-0.05, 0) is 39.3 Å². The summed E-state index contributed by atoms with van der Waals surface area (Å²) in [6, 6.07) is 0. The molecule has 2 nitrogen and oxygen atoms in total. The molecule has 0 aromatic heterocycles. The van der Waals surface area contributed by atoms with Gasteiger partial charge in [0.15, 0.2) is 0 Å². The van der Waals surface area contributed by atoms with Crippen LogP contribution in [0, 0.1) is 5.92 Å². The van der Waals surface area contributed by atoms with Gasteiger partial charge in [-0.3, -0.25) is 0 Å². The largest absolute Gasteiger partial charge is 0.315 e. The third-order valence-corrected chi connectivity index (χ3v) is 2.34. The Morgan fingerprint density at radius 1 is 1.54 bits per heavy atom. The van der Waals surface area contributed by atoms with E-state index in [1.807, 2.05) is 0 Å². The fourth-order valence-corrected chi connectivity index (χ4v) is 1.44. The van der Waals surface area contributed by atoms with Crippen LogP contribution in [0.4, 0.5) is 0 Å². The van der Waals surface area contributed by atoms with Crippen LogP contribution in [0.2, 0.25) is 0 Å². The molecule has 0 radical (unpaired) electrons. The lowest BCUT2D eigenvalue weighted by Gasteiger charge is -2.16. The number of rotatable bonds is 7. The molecular formula is C11H22N2. The molecule has 0 heterocycles. The molecule has 0 atom stereocenters. The van der Waals surface area contributed by atoms with Gasteiger partial charge in [0.2, 0.25) is 0 Å². The zero-order chi connectivity index (χ0) is 9.68. The molecule has 0 aromatic carbocycles. The van der Waals surface area contributed by atoms with Gasteiger partial charge in [-0.15, -0.1) is 0 Å². The summed E-state index contributed by atoms with van der Waals surface area (Å²) in [4.78, 5) is 2.31. The number of likely N-dealkylation sites (N-methyl/N-ethyl adjacent to an activating group) is 1. The topological polar surface area (TPSA) is 15.3 Å². The molecule has 0 unspecified atom stereocenters. The summed E-state index contributed by atoms with van der Waals surface area (Å²) in [5.74, 6) is 0.992. The van der Waals surface area contributed by atoms with Crippen LogP contribution in [0.3, 0.4) is 0 Å². The van der Waals surface area contributed by atoms with Crippen LogP contribution >= 0.6 is 0 Å². The Morgan fingerprint density at radius 2 is 2.23 bits per heavy atom. The average molecular weight is 182 g/mol. The number of nitrogens with one attached hydrogen (secondary N) is 1. The van der Waals surface area contributed by atoms with Gasteiger partial charge in [0, 0.05) is 19.6 Å². The highest BCUT2D eigenvalue weighted by atomic mass is 15.1. The first-order valence-electron chi connectivity index (χ1n) is 5.22. The standard InChI is InChI=1S/C11H22N2/c1-10(2)9-13(3)7-6-12-8-11-4-5-11/h11-12H,1,4-9H2,2-3H3. The molecule has 0 aliphatic heterocycles. The van der Waals surface area contributed by atoms with E-state index in [9.17, 15) is 0 Å². The van der Waals surface area contributed by atoms with E-state index in [1.165, 1.54) is 25.0 Å². The van der Waals surface area contributed by atoms with Crippen molar-refractivity contribution in [1.82, 2.24) is 10.2 Å². The van der Waals surface area contributed by atoms with Gasteiger partial charge in [0.25, 0.3) is 0 Å². The summed E-state index contributed by atoms with van der Waals surface area (Å²) in [6.45, 7) is 10.5. The summed E-state index contributed by atoms with van der Waals surface area (Å²) in [7, 11) is 2.15. The lowest BCUT2D eigenvalue weighted by molar-refractivity contribution is 0.357. The van der Waals surface area contributed by atoms with Crippen LogP contribution in [-0.2, 0) is 0 Å². The minimum atomic E-state index is 0.992. The Kier molecular flexibility index (Phi) is 4.46. The fraction of sp³-hybridized carbons (Fsp3) is 0.818. The van der Waals surface area contributed by atoms with Gasteiger partial charge in [-0.25, -0.2) is 0 Å². The lowest BCUT2D eigenvalue weighted by atomic mass is 10.3. The van der Waals surface area contributed by atoms with Crippen molar-refractivity contribution in [2.75, 3.05) is 33.2 Å². The third kappa shape index (κ3) is 5.83. The van der Waals surface area contributed by atoms with E-state index in [4.69, 9.17) is 0 Å². The normalized spacial score (nSPS) is 16.5. The van der Waals surface area contributed by atoms with Crippen molar-refractivity contribution in [3.05, 3.63) is 12.2 Å².